The molecule has 2 heterocycles. The van der Waals surface area contributed by atoms with Crippen molar-refractivity contribution in [3.8, 4) is 0 Å². The number of likely N-dealkylation sites (N-methyl/N-ethyl adjacent to an activating group) is 1. The molecular formula is C13H24N2O4S. The average Bonchev–Trinajstić information content (AvgIpc) is 2.59. The number of fused-ring (bicyclic) bond motifs is 1. The van der Waals surface area contributed by atoms with Crippen molar-refractivity contribution >= 4 is 15.9 Å². The third-order valence-electron chi connectivity index (χ3n) is 3.83. The Morgan fingerprint density at radius 2 is 1.80 bits per heavy atom. The van der Waals surface area contributed by atoms with Gasteiger partial charge in [-0.05, 0) is 27.3 Å². The van der Waals surface area contributed by atoms with Gasteiger partial charge in [-0.1, -0.05) is 6.92 Å². The van der Waals surface area contributed by atoms with Crippen molar-refractivity contribution in [2.75, 3.05) is 31.1 Å². The first-order valence-corrected chi connectivity index (χ1v) is 8.89. The lowest BCUT2D eigenvalue weighted by atomic mass is 10.1. The topological polar surface area (TPSA) is 66.9 Å². The number of piperazine rings is 1. The van der Waals surface area contributed by atoms with Gasteiger partial charge in [0.05, 0.1) is 17.5 Å². The summed E-state index contributed by atoms with van der Waals surface area (Å²) < 4.78 is 29.2. The number of sulfone groups is 1. The van der Waals surface area contributed by atoms with Crippen LogP contribution in [0, 0.1) is 0 Å². The molecule has 2 aliphatic heterocycles. The van der Waals surface area contributed by atoms with Crippen molar-refractivity contribution in [2.24, 2.45) is 0 Å². The van der Waals surface area contributed by atoms with E-state index in [1.54, 1.807) is 4.90 Å². The smallest absolute Gasteiger partial charge is 0.410 e. The highest BCUT2D eigenvalue weighted by Gasteiger charge is 2.48. The summed E-state index contributed by atoms with van der Waals surface area (Å²) in [5.41, 5.74) is -0.564. The summed E-state index contributed by atoms with van der Waals surface area (Å²) in [6.07, 6.45) is -0.402. The summed E-state index contributed by atoms with van der Waals surface area (Å²) in [5, 5.41) is 0. The number of hydrogen-bond donors (Lipinski definition) is 0. The van der Waals surface area contributed by atoms with Gasteiger partial charge in [0, 0.05) is 19.1 Å². The fourth-order valence-corrected chi connectivity index (χ4v) is 4.98. The van der Waals surface area contributed by atoms with Gasteiger partial charge in [0.15, 0.2) is 9.84 Å². The van der Waals surface area contributed by atoms with E-state index >= 15 is 0 Å². The van der Waals surface area contributed by atoms with E-state index in [4.69, 9.17) is 4.74 Å². The summed E-state index contributed by atoms with van der Waals surface area (Å²) in [7, 11) is -3.07. The molecule has 2 rings (SSSR count). The van der Waals surface area contributed by atoms with Crippen molar-refractivity contribution in [3.05, 3.63) is 0 Å². The van der Waals surface area contributed by atoms with Crippen LogP contribution >= 0.6 is 0 Å². The third kappa shape index (κ3) is 3.25. The maximum Gasteiger partial charge on any atom is 0.410 e. The zero-order valence-corrected chi connectivity index (χ0v) is 13.4. The molecule has 0 aromatic heterocycles. The van der Waals surface area contributed by atoms with Gasteiger partial charge in [0.25, 0.3) is 0 Å². The van der Waals surface area contributed by atoms with Crippen molar-refractivity contribution in [1.29, 1.82) is 0 Å². The molecule has 0 N–H and O–H groups in total. The Morgan fingerprint density at radius 1 is 1.20 bits per heavy atom. The molecule has 2 fully saturated rings. The highest BCUT2D eigenvalue weighted by Crippen LogP contribution is 2.28. The number of hydrogen-bond acceptors (Lipinski definition) is 5. The van der Waals surface area contributed by atoms with E-state index in [1.165, 1.54) is 0 Å². The molecule has 2 saturated heterocycles. The minimum Gasteiger partial charge on any atom is -0.444 e. The number of carbonyl (C=O) groups excluding carboxylic acids is 1. The van der Waals surface area contributed by atoms with Gasteiger partial charge in [-0.15, -0.1) is 0 Å². The van der Waals surface area contributed by atoms with Crippen LogP contribution in [0.4, 0.5) is 4.79 Å². The summed E-state index contributed by atoms with van der Waals surface area (Å²) in [4.78, 5) is 16.0. The fourth-order valence-electron chi connectivity index (χ4n) is 2.96. The number of carbonyl (C=O) groups is 1. The predicted molar refractivity (Wildman–Crippen MR) is 76.4 cm³/mol. The van der Waals surface area contributed by atoms with Crippen LogP contribution in [0.3, 0.4) is 0 Å². The van der Waals surface area contributed by atoms with Gasteiger partial charge in [0.1, 0.15) is 5.60 Å². The van der Waals surface area contributed by atoms with Gasteiger partial charge < -0.3 is 9.64 Å². The lowest BCUT2D eigenvalue weighted by molar-refractivity contribution is -0.00796. The Labute approximate surface area is 121 Å². The average molecular weight is 304 g/mol. The van der Waals surface area contributed by atoms with Crippen LogP contribution in [0.5, 0.6) is 0 Å². The molecule has 2 aliphatic rings. The first kappa shape index (κ1) is 15.6. The van der Waals surface area contributed by atoms with Gasteiger partial charge in [-0.3, -0.25) is 4.90 Å². The Balaban J connectivity index is 2.18. The summed E-state index contributed by atoms with van der Waals surface area (Å²) in [5.74, 6) is 0.193. The van der Waals surface area contributed by atoms with E-state index in [0.29, 0.717) is 13.1 Å². The number of nitrogens with zero attached hydrogens (tertiary/aromatic N) is 2. The Morgan fingerprint density at radius 3 is 2.35 bits per heavy atom. The molecule has 20 heavy (non-hydrogen) atoms. The van der Waals surface area contributed by atoms with E-state index in [0.717, 1.165) is 6.54 Å². The predicted octanol–water partition coefficient (Wildman–Crippen LogP) is 0.725. The van der Waals surface area contributed by atoms with Gasteiger partial charge in [-0.2, -0.15) is 0 Å². The second-order valence-corrected chi connectivity index (χ2v) is 8.67. The summed E-state index contributed by atoms with van der Waals surface area (Å²) in [6.45, 7) is 9.50. The second kappa shape index (κ2) is 5.18. The largest absolute Gasteiger partial charge is 0.444 e. The molecule has 0 aliphatic carbocycles. The lowest BCUT2D eigenvalue weighted by Crippen LogP contribution is -2.61. The van der Waals surface area contributed by atoms with E-state index in [9.17, 15) is 13.2 Å². The second-order valence-electron chi connectivity index (χ2n) is 6.51. The van der Waals surface area contributed by atoms with Crippen LogP contribution < -0.4 is 0 Å². The molecular weight excluding hydrogens is 280 g/mol. The molecule has 0 bridgehead atoms. The minimum atomic E-state index is -3.07. The zero-order valence-electron chi connectivity index (χ0n) is 12.6. The quantitative estimate of drug-likeness (QED) is 0.714. The molecule has 0 unspecified atom stereocenters. The first-order valence-electron chi connectivity index (χ1n) is 7.07. The monoisotopic (exact) mass is 304 g/mol. The molecule has 2 atom stereocenters. The van der Waals surface area contributed by atoms with E-state index in [1.807, 2.05) is 27.7 Å². The molecule has 1 amide bonds. The van der Waals surface area contributed by atoms with Crippen LogP contribution in [-0.2, 0) is 14.6 Å². The summed E-state index contributed by atoms with van der Waals surface area (Å²) >= 11 is 0. The zero-order chi connectivity index (χ0) is 15.1. The van der Waals surface area contributed by atoms with Gasteiger partial charge in [0.2, 0.25) is 0 Å². The maximum atomic E-state index is 12.3. The molecule has 0 radical (unpaired) electrons. The fraction of sp³-hybridized carbons (Fsp3) is 0.923. The number of amides is 1. The maximum absolute atomic E-state index is 12.3. The van der Waals surface area contributed by atoms with Gasteiger partial charge in [-0.25, -0.2) is 13.2 Å². The normalized spacial score (nSPS) is 30.1. The highest BCUT2D eigenvalue weighted by molar-refractivity contribution is 7.91. The summed E-state index contributed by atoms with van der Waals surface area (Å²) in [6, 6.07) is -0.366. The molecule has 0 aromatic carbocycles. The van der Waals surface area contributed by atoms with Crippen molar-refractivity contribution in [2.45, 2.75) is 45.4 Å². The van der Waals surface area contributed by atoms with Crippen molar-refractivity contribution in [3.63, 3.8) is 0 Å². The molecule has 7 heteroatoms. The Kier molecular flexibility index (Phi) is 4.03. The van der Waals surface area contributed by atoms with Crippen LogP contribution in [0.15, 0.2) is 0 Å². The number of ether oxygens (including phenoxy) is 1. The van der Waals surface area contributed by atoms with Crippen LogP contribution in [0.25, 0.3) is 0 Å². The SMILES string of the molecule is CCN1CCN(C(=O)OC(C)(C)C)[C@@H]2CS(=O)(=O)C[C@@H]21. The van der Waals surface area contributed by atoms with Crippen molar-refractivity contribution in [1.82, 2.24) is 9.80 Å². The Bertz CT molecular complexity index is 483. The first-order chi connectivity index (χ1) is 9.13. The molecule has 116 valence electrons. The third-order valence-corrected chi connectivity index (χ3v) is 5.52. The Hall–Kier alpha value is -0.820. The van der Waals surface area contributed by atoms with E-state index in [2.05, 4.69) is 4.90 Å². The number of rotatable bonds is 1. The standard InChI is InChI=1S/C13H24N2O4S/c1-5-14-6-7-15(12(16)19-13(2,3)4)11-9-20(17,18)8-10(11)14/h10-11H,5-9H2,1-4H3/t10-,11+/m0/s1. The van der Waals surface area contributed by atoms with Crippen molar-refractivity contribution < 1.29 is 17.9 Å². The molecule has 0 saturated carbocycles. The molecule has 0 aromatic rings. The lowest BCUT2D eigenvalue weighted by Gasteiger charge is -2.43. The minimum absolute atomic E-state index is 0.0490. The highest BCUT2D eigenvalue weighted by atomic mass is 32.2. The molecule has 0 spiro atoms. The van der Waals surface area contributed by atoms with E-state index < -0.39 is 21.5 Å². The van der Waals surface area contributed by atoms with E-state index in [-0.39, 0.29) is 23.6 Å². The van der Waals surface area contributed by atoms with Crippen LogP contribution in [0.1, 0.15) is 27.7 Å². The van der Waals surface area contributed by atoms with Crippen LogP contribution in [-0.4, -0.2) is 73.1 Å². The van der Waals surface area contributed by atoms with Crippen LogP contribution in [0.2, 0.25) is 0 Å². The molecule has 6 nitrogen and oxygen atoms in total. The van der Waals surface area contributed by atoms with Gasteiger partial charge >= 0.3 is 6.09 Å².